The van der Waals surface area contributed by atoms with Gasteiger partial charge in [0.2, 0.25) is 0 Å². The lowest BCUT2D eigenvalue weighted by Crippen LogP contribution is -2.44. The van der Waals surface area contributed by atoms with E-state index in [1.54, 1.807) is 30.3 Å². The fourth-order valence-corrected chi connectivity index (χ4v) is 5.28. The third kappa shape index (κ3) is 7.08. The summed E-state index contributed by atoms with van der Waals surface area (Å²) < 4.78 is 26.8. The first-order chi connectivity index (χ1) is 18.8. The number of pyridine rings is 2. The lowest BCUT2D eigenvalue weighted by atomic mass is 10.2. The van der Waals surface area contributed by atoms with E-state index >= 15 is 4.39 Å². The second-order valence-electron chi connectivity index (χ2n) is 9.63. The van der Waals surface area contributed by atoms with Gasteiger partial charge in [-0.15, -0.1) is 11.3 Å². The fourth-order valence-electron chi connectivity index (χ4n) is 4.24. The Hall–Kier alpha value is -3.60. The number of benzene rings is 1. The number of carbonyl (C=O) groups is 1. The maximum absolute atomic E-state index is 15.0. The molecule has 0 unspecified atom stereocenters. The van der Waals surface area contributed by atoms with Gasteiger partial charge in [0.25, 0.3) is 0 Å². The highest BCUT2D eigenvalue weighted by Gasteiger charge is 2.21. The predicted octanol–water partition coefficient (Wildman–Crippen LogP) is 6.68. The minimum absolute atomic E-state index is 0.0125. The second kappa shape index (κ2) is 13.0. The fraction of sp³-hybridized carbons (Fsp3) is 0.345. The number of amides is 2. The van der Waals surface area contributed by atoms with Crippen molar-refractivity contribution in [2.24, 2.45) is 0 Å². The van der Waals surface area contributed by atoms with Crippen LogP contribution in [-0.4, -0.2) is 53.2 Å². The first-order valence-electron chi connectivity index (χ1n) is 12.9. The van der Waals surface area contributed by atoms with Gasteiger partial charge >= 0.3 is 6.03 Å². The summed E-state index contributed by atoms with van der Waals surface area (Å²) in [6.45, 7) is 9.91. The van der Waals surface area contributed by atoms with Crippen LogP contribution in [0.25, 0.3) is 20.8 Å². The minimum atomic E-state index is -0.577. The zero-order valence-corrected chi connectivity index (χ0v) is 23.6. The van der Waals surface area contributed by atoms with Gasteiger partial charge in [-0.05, 0) is 57.5 Å². The number of nitrogens with zero attached hydrogens (tertiary/aromatic N) is 3. The molecule has 1 aromatic carbocycles. The zero-order valence-electron chi connectivity index (χ0n) is 22.8. The molecule has 0 fully saturated rings. The highest BCUT2D eigenvalue weighted by Crippen LogP contribution is 2.39. The summed E-state index contributed by atoms with van der Waals surface area (Å²) in [4.78, 5) is 24.4. The molecule has 0 radical (unpaired) electrons. The van der Waals surface area contributed by atoms with E-state index in [2.05, 4.69) is 20.6 Å². The SMILES string of the molecule is COCCNCc1ccc(-c2cc3nccc(Oc4ccc(NC(=O)N(C(C)C)C(C)C)cc4F)c3s2)nc1. The van der Waals surface area contributed by atoms with E-state index in [-0.39, 0.29) is 23.9 Å². The maximum atomic E-state index is 15.0. The molecule has 0 saturated carbocycles. The Balaban J connectivity index is 1.49. The van der Waals surface area contributed by atoms with Crippen LogP contribution in [0.2, 0.25) is 0 Å². The Labute approximate surface area is 232 Å². The van der Waals surface area contributed by atoms with Gasteiger partial charge in [-0.2, -0.15) is 0 Å². The van der Waals surface area contributed by atoms with Crippen molar-refractivity contribution in [1.29, 1.82) is 0 Å². The van der Waals surface area contributed by atoms with Crippen LogP contribution < -0.4 is 15.4 Å². The molecule has 4 rings (SSSR count). The Morgan fingerprint density at radius 1 is 1.05 bits per heavy atom. The molecule has 0 saturated heterocycles. The van der Waals surface area contributed by atoms with Gasteiger partial charge in [0.1, 0.15) is 5.75 Å². The maximum Gasteiger partial charge on any atom is 0.322 e. The number of methoxy groups -OCH3 is 1. The molecule has 4 aromatic rings. The van der Waals surface area contributed by atoms with E-state index < -0.39 is 5.82 Å². The summed E-state index contributed by atoms with van der Waals surface area (Å²) in [7, 11) is 1.68. The quantitative estimate of drug-likeness (QED) is 0.202. The number of hydrogen-bond acceptors (Lipinski definition) is 7. The van der Waals surface area contributed by atoms with Gasteiger partial charge in [0.15, 0.2) is 11.6 Å². The molecule has 0 bridgehead atoms. The molecule has 2 N–H and O–H groups in total. The molecule has 3 aromatic heterocycles. The number of urea groups is 1. The Bertz CT molecular complexity index is 1400. The van der Waals surface area contributed by atoms with Crippen LogP contribution in [0.5, 0.6) is 11.5 Å². The molecule has 206 valence electrons. The first kappa shape index (κ1) is 28.4. The number of thiophene rings is 1. The molecule has 0 atom stereocenters. The second-order valence-corrected chi connectivity index (χ2v) is 10.7. The lowest BCUT2D eigenvalue weighted by Gasteiger charge is -2.30. The molecule has 10 heteroatoms. The third-order valence-electron chi connectivity index (χ3n) is 6.02. The van der Waals surface area contributed by atoms with Crippen molar-refractivity contribution in [2.75, 3.05) is 25.6 Å². The number of nitrogens with one attached hydrogen (secondary N) is 2. The average Bonchev–Trinajstić information content (AvgIpc) is 3.33. The molecule has 39 heavy (non-hydrogen) atoms. The summed E-state index contributed by atoms with van der Waals surface area (Å²) in [5, 5.41) is 6.08. The number of aromatic nitrogens is 2. The Kier molecular flexibility index (Phi) is 9.45. The standard InChI is InChI=1S/C29H34FN5O3S/c1-18(2)35(19(3)4)29(36)34-21-7-9-25(22(30)14-21)38-26-10-11-32-24-15-27(39-28(24)26)23-8-6-20(17-33-23)16-31-12-13-37-5/h6-11,14-15,17-19,31H,12-13,16H2,1-5H3,(H,34,36). The largest absolute Gasteiger partial charge is 0.453 e. The highest BCUT2D eigenvalue weighted by atomic mass is 32.1. The Morgan fingerprint density at radius 2 is 1.85 bits per heavy atom. The molecule has 3 heterocycles. The number of anilines is 1. The highest BCUT2D eigenvalue weighted by molar-refractivity contribution is 7.22. The van der Waals surface area contributed by atoms with E-state index in [0.717, 1.165) is 32.9 Å². The average molecular weight is 552 g/mol. The normalized spacial score (nSPS) is 11.4. The van der Waals surface area contributed by atoms with E-state index in [0.29, 0.717) is 24.6 Å². The number of hydrogen-bond donors (Lipinski definition) is 2. The van der Waals surface area contributed by atoms with Crippen LogP contribution in [0.3, 0.4) is 0 Å². The molecule has 0 aliphatic carbocycles. The lowest BCUT2D eigenvalue weighted by molar-refractivity contribution is 0.178. The summed E-state index contributed by atoms with van der Waals surface area (Å²) in [6, 6.07) is 11.8. The summed E-state index contributed by atoms with van der Waals surface area (Å²) >= 11 is 1.49. The van der Waals surface area contributed by atoms with Crippen LogP contribution in [0.4, 0.5) is 14.9 Å². The van der Waals surface area contributed by atoms with Crippen LogP contribution in [0, 0.1) is 5.82 Å². The van der Waals surface area contributed by atoms with Gasteiger partial charge in [-0.3, -0.25) is 9.97 Å². The van der Waals surface area contributed by atoms with E-state index in [9.17, 15) is 4.79 Å². The number of carbonyl (C=O) groups excluding carboxylic acids is 1. The first-order valence-corrected chi connectivity index (χ1v) is 13.7. The molecule has 0 aliphatic rings. The zero-order chi connectivity index (χ0) is 27.9. The number of ether oxygens (including phenoxy) is 2. The van der Waals surface area contributed by atoms with E-state index in [4.69, 9.17) is 9.47 Å². The van der Waals surface area contributed by atoms with Crippen molar-refractivity contribution in [1.82, 2.24) is 20.2 Å². The van der Waals surface area contributed by atoms with Crippen molar-refractivity contribution < 1.29 is 18.7 Å². The topological polar surface area (TPSA) is 88.6 Å². The predicted molar refractivity (Wildman–Crippen MR) is 154 cm³/mol. The van der Waals surface area contributed by atoms with Crippen molar-refractivity contribution in [3.8, 4) is 22.1 Å². The number of fused-ring (bicyclic) bond motifs is 1. The van der Waals surface area contributed by atoms with Crippen LogP contribution >= 0.6 is 11.3 Å². The van der Waals surface area contributed by atoms with Crippen LogP contribution in [0.15, 0.2) is 54.9 Å². The van der Waals surface area contributed by atoms with Crippen LogP contribution in [-0.2, 0) is 11.3 Å². The van der Waals surface area contributed by atoms with E-state index in [1.165, 1.54) is 23.5 Å². The van der Waals surface area contributed by atoms with Gasteiger partial charge in [0.05, 0.1) is 27.4 Å². The molecule has 8 nitrogen and oxygen atoms in total. The van der Waals surface area contributed by atoms with Crippen molar-refractivity contribution >= 4 is 33.3 Å². The van der Waals surface area contributed by atoms with Crippen molar-refractivity contribution in [2.45, 2.75) is 46.3 Å². The molecule has 0 aliphatic heterocycles. The summed E-state index contributed by atoms with van der Waals surface area (Å²) in [6.07, 6.45) is 3.48. The molecular weight excluding hydrogens is 517 g/mol. The summed E-state index contributed by atoms with van der Waals surface area (Å²) in [5.74, 6) is -0.0216. The van der Waals surface area contributed by atoms with Crippen molar-refractivity contribution in [3.63, 3.8) is 0 Å². The van der Waals surface area contributed by atoms with Crippen molar-refractivity contribution in [3.05, 3.63) is 66.2 Å². The smallest absolute Gasteiger partial charge is 0.322 e. The third-order valence-corrected chi connectivity index (χ3v) is 7.18. The number of rotatable bonds is 11. The monoisotopic (exact) mass is 551 g/mol. The molecule has 0 spiro atoms. The minimum Gasteiger partial charge on any atom is -0.453 e. The van der Waals surface area contributed by atoms with E-state index in [1.807, 2.05) is 52.1 Å². The Morgan fingerprint density at radius 3 is 2.51 bits per heavy atom. The molecule has 2 amide bonds. The van der Waals surface area contributed by atoms with Gasteiger partial charge in [0, 0.05) is 62.5 Å². The number of halogens is 1. The van der Waals surface area contributed by atoms with Gasteiger partial charge < -0.3 is 25.0 Å². The molecular formula is C29H34FN5O3S. The van der Waals surface area contributed by atoms with Gasteiger partial charge in [-0.25, -0.2) is 9.18 Å². The van der Waals surface area contributed by atoms with Gasteiger partial charge in [-0.1, -0.05) is 6.07 Å². The summed E-state index contributed by atoms with van der Waals surface area (Å²) in [5.41, 5.74) is 3.01. The van der Waals surface area contributed by atoms with Crippen LogP contribution in [0.1, 0.15) is 33.3 Å².